The minimum absolute atomic E-state index is 0.0112. The van der Waals surface area contributed by atoms with Crippen LogP contribution in [0.4, 0.5) is 4.39 Å². The molecule has 2 rings (SSSR count). The van der Waals surface area contributed by atoms with Crippen molar-refractivity contribution < 1.29 is 9.18 Å². The van der Waals surface area contributed by atoms with E-state index < -0.39 is 5.95 Å². The predicted octanol–water partition coefficient (Wildman–Crippen LogP) is 0.655. The van der Waals surface area contributed by atoms with Crippen molar-refractivity contribution in [2.75, 3.05) is 20.1 Å². The Hall–Kier alpha value is -1.49. The van der Waals surface area contributed by atoms with Crippen molar-refractivity contribution in [2.45, 2.75) is 12.5 Å². The normalized spacial score (nSPS) is 21.0. The number of nitrogens with zero attached hydrogens (tertiary/aromatic N) is 2. The highest BCUT2D eigenvalue weighted by atomic mass is 19.1. The summed E-state index contributed by atoms with van der Waals surface area (Å²) in [6.07, 6.45) is 2.24. The summed E-state index contributed by atoms with van der Waals surface area (Å²) in [4.78, 5) is 17.3. The summed E-state index contributed by atoms with van der Waals surface area (Å²) in [5, 5.41) is 2.81. The third-order valence-electron chi connectivity index (χ3n) is 2.73. The molecule has 2 heterocycles. The molecule has 0 saturated carbocycles. The van der Waals surface area contributed by atoms with Gasteiger partial charge in [-0.2, -0.15) is 4.39 Å². The summed E-state index contributed by atoms with van der Waals surface area (Å²) in [6, 6.07) is 3.10. The number of amides is 1. The van der Waals surface area contributed by atoms with E-state index in [9.17, 15) is 9.18 Å². The lowest BCUT2D eigenvalue weighted by Gasteiger charge is -2.12. The molecule has 1 aromatic heterocycles. The van der Waals surface area contributed by atoms with Gasteiger partial charge in [0.1, 0.15) is 0 Å². The monoisotopic (exact) mass is 223 g/mol. The number of carbonyl (C=O) groups is 1. The van der Waals surface area contributed by atoms with Crippen LogP contribution in [0.25, 0.3) is 0 Å². The van der Waals surface area contributed by atoms with E-state index in [1.165, 1.54) is 12.3 Å². The van der Waals surface area contributed by atoms with E-state index in [4.69, 9.17) is 0 Å². The van der Waals surface area contributed by atoms with Gasteiger partial charge in [-0.05, 0) is 32.1 Å². The molecule has 86 valence electrons. The topological polar surface area (TPSA) is 45.2 Å². The largest absolute Gasteiger partial charge is 0.348 e. The molecule has 1 unspecified atom stereocenters. The van der Waals surface area contributed by atoms with Crippen LogP contribution in [0, 0.1) is 5.95 Å². The minimum atomic E-state index is -0.716. The van der Waals surface area contributed by atoms with Crippen LogP contribution < -0.4 is 5.32 Å². The lowest BCUT2D eigenvalue weighted by Crippen LogP contribution is -2.37. The van der Waals surface area contributed by atoms with Gasteiger partial charge in [0.15, 0.2) is 0 Å². The van der Waals surface area contributed by atoms with Crippen LogP contribution in [-0.2, 0) is 0 Å². The minimum Gasteiger partial charge on any atom is -0.348 e. The Morgan fingerprint density at radius 3 is 3.12 bits per heavy atom. The lowest BCUT2D eigenvalue weighted by atomic mass is 10.2. The van der Waals surface area contributed by atoms with Gasteiger partial charge < -0.3 is 10.2 Å². The maximum atomic E-state index is 13.2. The average Bonchev–Trinajstić information content (AvgIpc) is 2.64. The fourth-order valence-corrected chi connectivity index (χ4v) is 1.87. The number of aromatic nitrogens is 1. The Morgan fingerprint density at radius 1 is 1.69 bits per heavy atom. The Labute approximate surface area is 93.5 Å². The molecule has 1 N–H and O–H groups in total. The molecule has 1 atom stereocenters. The third kappa shape index (κ3) is 2.36. The second-order valence-electron chi connectivity index (χ2n) is 4.06. The molecule has 0 spiro atoms. The van der Waals surface area contributed by atoms with Gasteiger partial charge in [-0.15, -0.1) is 0 Å². The summed E-state index contributed by atoms with van der Waals surface area (Å²) in [7, 11) is 2.00. The molecule has 0 bridgehead atoms. The first-order valence-electron chi connectivity index (χ1n) is 5.27. The number of halogens is 1. The number of hydrogen-bond acceptors (Lipinski definition) is 3. The fraction of sp³-hybridized carbons (Fsp3) is 0.455. The van der Waals surface area contributed by atoms with Crippen LogP contribution in [0.2, 0.25) is 0 Å². The Bertz CT molecular complexity index is 397. The average molecular weight is 223 g/mol. The summed E-state index contributed by atoms with van der Waals surface area (Å²) in [5.74, 6) is -1.10. The fourth-order valence-electron chi connectivity index (χ4n) is 1.87. The molecule has 1 saturated heterocycles. The molecule has 16 heavy (non-hydrogen) atoms. The zero-order valence-corrected chi connectivity index (χ0v) is 9.11. The number of nitrogens with one attached hydrogen (secondary N) is 1. The summed E-state index contributed by atoms with van der Waals surface area (Å²) in [6.45, 7) is 1.77. The molecule has 0 aromatic carbocycles. The molecule has 1 amide bonds. The zero-order chi connectivity index (χ0) is 11.5. The molecule has 0 radical (unpaired) electrons. The van der Waals surface area contributed by atoms with Crippen LogP contribution >= 0.6 is 0 Å². The second-order valence-corrected chi connectivity index (χ2v) is 4.06. The van der Waals surface area contributed by atoms with E-state index in [-0.39, 0.29) is 17.5 Å². The molecule has 1 aliphatic rings. The molecule has 4 nitrogen and oxygen atoms in total. The van der Waals surface area contributed by atoms with Gasteiger partial charge in [0, 0.05) is 18.8 Å². The maximum Gasteiger partial charge on any atom is 0.256 e. The van der Waals surface area contributed by atoms with Crippen LogP contribution in [0.3, 0.4) is 0 Å². The van der Waals surface area contributed by atoms with E-state index in [2.05, 4.69) is 15.2 Å². The summed E-state index contributed by atoms with van der Waals surface area (Å²) < 4.78 is 13.2. The molecular formula is C11H14FN3O. The standard InChI is InChI=1S/C11H14FN3O/c1-15-6-4-8(7-15)14-11(16)9-3-2-5-13-10(9)12/h2-3,5,8H,4,6-7H2,1H3,(H,14,16). The number of rotatable bonds is 2. The molecule has 1 aromatic rings. The second kappa shape index (κ2) is 4.57. The smallest absolute Gasteiger partial charge is 0.256 e. The van der Waals surface area contributed by atoms with E-state index in [0.29, 0.717) is 0 Å². The van der Waals surface area contributed by atoms with Gasteiger partial charge in [-0.1, -0.05) is 0 Å². The van der Waals surface area contributed by atoms with E-state index in [1.54, 1.807) is 6.07 Å². The van der Waals surface area contributed by atoms with Gasteiger partial charge in [-0.25, -0.2) is 4.98 Å². The van der Waals surface area contributed by atoms with Gasteiger partial charge >= 0.3 is 0 Å². The highest BCUT2D eigenvalue weighted by Gasteiger charge is 2.22. The van der Waals surface area contributed by atoms with E-state index in [0.717, 1.165) is 19.5 Å². The van der Waals surface area contributed by atoms with Crippen molar-refractivity contribution in [3.8, 4) is 0 Å². The van der Waals surface area contributed by atoms with Crippen LogP contribution in [0.5, 0.6) is 0 Å². The van der Waals surface area contributed by atoms with Crippen molar-refractivity contribution in [1.29, 1.82) is 0 Å². The number of likely N-dealkylation sites (N-methyl/N-ethyl adjacent to an activating group) is 1. The SMILES string of the molecule is CN1CCC(NC(=O)c2cccnc2F)C1. The van der Waals surface area contributed by atoms with Crippen molar-refractivity contribution >= 4 is 5.91 Å². The number of likely N-dealkylation sites (tertiary alicyclic amines) is 1. The van der Waals surface area contributed by atoms with Gasteiger partial charge in [0.05, 0.1) is 5.56 Å². The molecule has 0 aliphatic carbocycles. The molecule has 5 heteroatoms. The highest BCUT2D eigenvalue weighted by molar-refractivity contribution is 5.94. The van der Waals surface area contributed by atoms with Gasteiger partial charge in [-0.3, -0.25) is 4.79 Å². The van der Waals surface area contributed by atoms with Gasteiger partial charge in [0.2, 0.25) is 5.95 Å². The quantitative estimate of drug-likeness (QED) is 0.749. The zero-order valence-electron chi connectivity index (χ0n) is 9.11. The third-order valence-corrected chi connectivity index (χ3v) is 2.73. The first-order chi connectivity index (χ1) is 7.66. The van der Waals surface area contributed by atoms with E-state index >= 15 is 0 Å². The van der Waals surface area contributed by atoms with Crippen molar-refractivity contribution in [1.82, 2.24) is 15.2 Å². The number of hydrogen-bond donors (Lipinski definition) is 1. The van der Waals surface area contributed by atoms with Crippen molar-refractivity contribution in [2.24, 2.45) is 0 Å². The summed E-state index contributed by atoms with van der Waals surface area (Å²) in [5.41, 5.74) is 0.0112. The van der Waals surface area contributed by atoms with Crippen molar-refractivity contribution in [3.63, 3.8) is 0 Å². The molecule has 1 fully saturated rings. The number of carbonyl (C=O) groups excluding carboxylic acids is 1. The number of pyridine rings is 1. The Kier molecular flexibility index (Phi) is 3.14. The Morgan fingerprint density at radius 2 is 2.50 bits per heavy atom. The van der Waals surface area contributed by atoms with Crippen molar-refractivity contribution in [3.05, 3.63) is 29.8 Å². The lowest BCUT2D eigenvalue weighted by molar-refractivity contribution is 0.0933. The predicted molar refractivity (Wildman–Crippen MR) is 57.6 cm³/mol. The Balaban J connectivity index is 2.01. The molecular weight excluding hydrogens is 209 g/mol. The summed E-state index contributed by atoms with van der Waals surface area (Å²) >= 11 is 0. The van der Waals surface area contributed by atoms with Crippen LogP contribution in [0.1, 0.15) is 16.8 Å². The first kappa shape index (κ1) is 11.0. The first-order valence-corrected chi connectivity index (χ1v) is 5.27. The van der Waals surface area contributed by atoms with Crippen LogP contribution in [0.15, 0.2) is 18.3 Å². The van der Waals surface area contributed by atoms with Gasteiger partial charge in [0.25, 0.3) is 5.91 Å². The maximum absolute atomic E-state index is 13.2. The highest BCUT2D eigenvalue weighted by Crippen LogP contribution is 2.08. The van der Waals surface area contributed by atoms with Crippen LogP contribution in [-0.4, -0.2) is 42.0 Å². The van der Waals surface area contributed by atoms with E-state index in [1.807, 2.05) is 7.05 Å². The molecule has 1 aliphatic heterocycles.